The molecule has 0 aliphatic rings. The average Bonchev–Trinajstić information content (AvgIpc) is 3.21. The lowest BCUT2D eigenvalue weighted by Crippen LogP contribution is -2.14. The number of esters is 1. The van der Waals surface area contributed by atoms with Gasteiger partial charge in [0.05, 0.1) is 18.4 Å². The van der Waals surface area contributed by atoms with Gasteiger partial charge in [0, 0.05) is 11.6 Å². The number of carbonyl (C=O) groups excluding carboxylic acids is 2. The van der Waals surface area contributed by atoms with E-state index < -0.39 is 17.7 Å². The van der Waals surface area contributed by atoms with Crippen molar-refractivity contribution >= 4 is 23.6 Å². The molecule has 0 spiro atoms. The van der Waals surface area contributed by atoms with Crippen molar-refractivity contribution in [1.82, 2.24) is 0 Å². The maximum Gasteiger partial charge on any atom is 0.338 e. The first-order valence-corrected chi connectivity index (χ1v) is 8.90. The number of hydrogen-bond acceptors (Lipinski definition) is 5. The van der Waals surface area contributed by atoms with Gasteiger partial charge in [0.25, 0.3) is 5.91 Å². The SMILES string of the molecule is COC(=O)c1cccc(-c2ccc(/C=C(/C#N)C(=O)Nc3ccccc3F)o2)c1C. The van der Waals surface area contributed by atoms with Crippen molar-refractivity contribution in [3.8, 4) is 17.4 Å². The molecular weight excluding hydrogens is 387 g/mol. The molecule has 0 saturated heterocycles. The summed E-state index contributed by atoms with van der Waals surface area (Å²) >= 11 is 0. The molecule has 0 fully saturated rings. The van der Waals surface area contributed by atoms with E-state index in [1.165, 1.54) is 31.4 Å². The summed E-state index contributed by atoms with van der Waals surface area (Å²) in [6.07, 6.45) is 1.26. The zero-order chi connectivity index (χ0) is 21.7. The van der Waals surface area contributed by atoms with Gasteiger partial charge in [-0.2, -0.15) is 5.26 Å². The van der Waals surface area contributed by atoms with Gasteiger partial charge in [0.2, 0.25) is 0 Å². The summed E-state index contributed by atoms with van der Waals surface area (Å²) in [6.45, 7) is 1.77. The minimum absolute atomic E-state index is 0.0287. The lowest BCUT2D eigenvalue weighted by Gasteiger charge is -2.07. The molecule has 1 aromatic heterocycles. The normalized spacial score (nSPS) is 10.9. The molecule has 7 heteroatoms. The van der Waals surface area contributed by atoms with E-state index in [0.717, 1.165) is 0 Å². The summed E-state index contributed by atoms with van der Waals surface area (Å²) in [7, 11) is 1.31. The molecule has 0 aliphatic carbocycles. The van der Waals surface area contributed by atoms with E-state index in [1.807, 2.05) is 0 Å². The molecule has 0 saturated carbocycles. The van der Waals surface area contributed by atoms with E-state index in [9.17, 15) is 19.2 Å². The highest BCUT2D eigenvalue weighted by atomic mass is 19.1. The van der Waals surface area contributed by atoms with Gasteiger partial charge < -0.3 is 14.5 Å². The van der Waals surface area contributed by atoms with E-state index in [1.54, 1.807) is 49.4 Å². The van der Waals surface area contributed by atoms with Crippen LogP contribution in [0.3, 0.4) is 0 Å². The second-order valence-corrected chi connectivity index (χ2v) is 6.28. The van der Waals surface area contributed by atoms with Gasteiger partial charge in [-0.15, -0.1) is 0 Å². The molecule has 1 amide bonds. The minimum atomic E-state index is -0.760. The third-order valence-electron chi connectivity index (χ3n) is 4.41. The number of halogens is 1. The molecular formula is C23H17FN2O4. The zero-order valence-electron chi connectivity index (χ0n) is 16.2. The second-order valence-electron chi connectivity index (χ2n) is 6.28. The molecule has 150 valence electrons. The molecule has 0 bridgehead atoms. The van der Waals surface area contributed by atoms with Crippen LogP contribution >= 0.6 is 0 Å². The molecule has 0 atom stereocenters. The van der Waals surface area contributed by atoms with E-state index in [0.29, 0.717) is 22.5 Å². The molecule has 30 heavy (non-hydrogen) atoms. The number of methoxy groups -OCH3 is 1. The highest BCUT2D eigenvalue weighted by Crippen LogP contribution is 2.28. The molecule has 0 radical (unpaired) electrons. The third kappa shape index (κ3) is 4.28. The first kappa shape index (κ1) is 20.6. The molecule has 6 nitrogen and oxygen atoms in total. The summed E-state index contributed by atoms with van der Waals surface area (Å²) in [5.74, 6) is -1.11. The number of hydrogen-bond donors (Lipinski definition) is 1. The van der Waals surface area contributed by atoms with Gasteiger partial charge in [-0.05, 0) is 42.8 Å². The van der Waals surface area contributed by atoms with Crippen molar-refractivity contribution in [3.63, 3.8) is 0 Å². The number of amides is 1. The van der Waals surface area contributed by atoms with Crippen LogP contribution in [0.5, 0.6) is 0 Å². The molecule has 1 heterocycles. The number of para-hydroxylation sites is 1. The fourth-order valence-corrected chi connectivity index (χ4v) is 2.85. The smallest absolute Gasteiger partial charge is 0.338 e. The number of benzene rings is 2. The topological polar surface area (TPSA) is 92.3 Å². The predicted octanol–water partition coefficient (Wildman–Crippen LogP) is 4.73. The number of nitrogens with zero attached hydrogens (tertiary/aromatic N) is 1. The van der Waals surface area contributed by atoms with Crippen LogP contribution in [0.1, 0.15) is 21.7 Å². The van der Waals surface area contributed by atoms with Gasteiger partial charge in [0.15, 0.2) is 0 Å². The Morgan fingerprint density at radius 3 is 2.60 bits per heavy atom. The van der Waals surface area contributed by atoms with E-state index in [-0.39, 0.29) is 17.0 Å². The summed E-state index contributed by atoms with van der Waals surface area (Å²) in [5, 5.41) is 11.7. The molecule has 1 N–H and O–H groups in total. The fourth-order valence-electron chi connectivity index (χ4n) is 2.85. The number of rotatable bonds is 5. The Labute approximate surface area is 172 Å². The molecule has 3 aromatic rings. The molecule has 3 rings (SSSR count). The van der Waals surface area contributed by atoms with Crippen molar-refractivity contribution in [2.75, 3.05) is 12.4 Å². The van der Waals surface area contributed by atoms with Crippen molar-refractivity contribution in [2.45, 2.75) is 6.92 Å². The van der Waals surface area contributed by atoms with Gasteiger partial charge >= 0.3 is 5.97 Å². The van der Waals surface area contributed by atoms with Gasteiger partial charge in [-0.3, -0.25) is 4.79 Å². The van der Waals surface area contributed by atoms with Crippen LogP contribution in [0, 0.1) is 24.1 Å². The number of nitriles is 1. The van der Waals surface area contributed by atoms with Crippen LogP contribution in [0.25, 0.3) is 17.4 Å². The lowest BCUT2D eigenvalue weighted by molar-refractivity contribution is -0.112. The Kier molecular flexibility index (Phi) is 6.08. The quantitative estimate of drug-likeness (QED) is 0.377. The Bertz CT molecular complexity index is 1190. The summed E-state index contributed by atoms with van der Waals surface area (Å²) in [6, 6.07) is 15.8. The first-order valence-electron chi connectivity index (χ1n) is 8.90. The maximum atomic E-state index is 13.7. The Hall–Kier alpha value is -4.18. The van der Waals surface area contributed by atoms with Crippen LogP contribution in [-0.2, 0) is 9.53 Å². The number of anilines is 1. The number of ether oxygens (including phenoxy) is 1. The summed E-state index contributed by atoms with van der Waals surface area (Å²) < 4.78 is 24.2. The van der Waals surface area contributed by atoms with Crippen LogP contribution in [-0.4, -0.2) is 19.0 Å². The van der Waals surface area contributed by atoms with Crippen molar-refractivity contribution in [3.05, 3.63) is 82.9 Å². The van der Waals surface area contributed by atoms with Crippen LogP contribution in [0.4, 0.5) is 10.1 Å². The number of nitrogens with one attached hydrogen (secondary N) is 1. The monoisotopic (exact) mass is 404 g/mol. The maximum absolute atomic E-state index is 13.7. The second kappa shape index (κ2) is 8.88. The first-order chi connectivity index (χ1) is 14.4. The Morgan fingerprint density at radius 1 is 1.13 bits per heavy atom. The summed E-state index contributed by atoms with van der Waals surface area (Å²) in [4.78, 5) is 24.2. The minimum Gasteiger partial charge on any atom is -0.465 e. The molecule has 2 aromatic carbocycles. The fraction of sp³-hybridized carbons (Fsp3) is 0.0870. The van der Waals surface area contributed by atoms with Gasteiger partial charge in [-0.25, -0.2) is 9.18 Å². The van der Waals surface area contributed by atoms with Crippen molar-refractivity contribution < 1.29 is 23.1 Å². The lowest BCUT2D eigenvalue weighted by atomic mass is 10.0. The Morgan fingerprint density at radius 2 is 1.90 bits per heavy atom. The summed E-state index contributed by atoms with van der Waals surface area (Å²) in [5.41, 5.74) is 1.47. The van der Waals surface area contributed by atoms with Crippen LogP contribution < -0.4 is 5.32 Å². The van der Waals surface area contributed by atoms with E-state index in [4.69, 9.17) is 9.15 Å². The van der Waals surface area contributed by atoms with Crippen molar-refractivity contribution in [1.29, 1.82) is 5.26 Å². The molecule has 0 unspecified atom stereocenters. The predicted molar refractivity (Wildman–Crippen MR) is 109 cm³/mol. The number of carbonyl (C=O) groups is 2. The standard InChI is InChI=1S/C23H17FN2O4/c1-14-17(6-5-7-18(14)23(28)29-2)21-11-10-16(30-21)12-15(13-25)22(27)26-20-9-4-3-8-19(20)24/h3-12H,1-2H3,(H,26,27)/b15-12-. The van der Waals surface area contributed by atoms with E-state index >= 15 is 0 Å². The van der Waals surface area contributed by atoms with Crippen molar-refractivity contribution in [2.24, 2.45) is 0 Å². The zero-order valence-corrected chi connectivity index (χ0v) is 16.2. The third-order valence-corrected chi connectivity index (χ3v) is 4.41. The van der Waals surface area contributed by atoms with E-state index in [2.05, 4.69) is 5.32 Å². The largest absolute Gasteiger partial charge is 0.465 e. The highest BCUT2D eigenvalue weighted by Gasteiger charge is 2.16. The van der Waals surface area contributed by atoms with Gasteiger partial charge in [-0.1, -0.05) is 24.3 Å². The average molecular weight is 404 g/mol. The van der Waals surface area contributed by atoms with Crippen LogP contribution in [0.2, 0.25) is 0 Å². The van der Waals surface area contributed by atoms with Gasteiger partial charge in [0.1, 0.15) is 29.0 Å². The molecule has 0 aliphatic heterocycles. The number of furan rings is 1. The van der Waals surface area contributed by atoms with Crippen LogP contribution in [0.15, 0.2) is 64.6 Å². The Balaban J connectivity index is 1.87. The highest BCUT2D eigenvalue weighted by molar-refractivity contribution is 6.09.